The van der Waals surface area contributed by atoms with Gasteiger partial charge in [-0.05, 0) is 43.1 Å². The Morgan fingerprint density at radius 3 is 2.52 bits per heavy atom. The SMILES string of the molecule is COc1cc(CCNCc2ccccc2)ccc1C(C)=O. The number of nitrogens with one attached hydrogen (secondary N) is 1. The largest absolute Gasteiger partial charge is 0.496 e. The molecule has 0 bridgehead atoms. The first kappa shape index (κ1) is 15.3. The van der Waals surface area contributed by atoms with Crippen molar-refractivity contribution in [1.82, 2.24) is 5.32 Å². The van der Waals surface area contributed by atoms with E-state index in [-0.39, 0.29) is 5.78 Å². The zero-order chi connectivity index (χ0) is 15.1. The maximum absolute atomic E-state index is 11.5. The Kier molecular flexibility index (Phi) is 5.52. The van der Waals surface area contributed by atoms with E-state index in [0.717, 1.165) is 25.1 Å². The van der Waals surface area contributed by atoms with Crippen LogP contribution < -0.4 is 10.1 Å². The van der Waals surface area contributed by atoms with Gasteiger partial charge in [-0.3, -0.25) is 4.79 Å². The molecule has 0 radical (unpaired) electrons. The summed E-state index contributed by atoms with van der Waals surface area (Å²) in [5, 5.41) is 3.42. The predicted octanol–water partition coefficient (Wildman–Crippen LogP) is 3.23. The second kappa shape index (κ2) is 7.60. The molecular formula is C18H21NO2. The van der Waals surface area contributed by atoms with E-state index in [1.807, 2.05) is 36.4 Å². The lowest BCUT2D eigenvalue weighted by Gasteiger charge is -2.09. The van der Waals surface area contributed by atoms with Gasteiger partial charge in [0.2, 0.25) is 0 Å². The quantitative estimate of drug-likeness (QED) is 0.626. The fraction of sp³-hybridized carbons (Fsp3) is 0.278. The number of Topliss-reactive ketones (excluding diaryl/α,β-unsaturated/α-hetero) is 1. The summed E-state index contributed by atoms with van der Waals surface area (Å²) >= 11 is 0. The molecule has 0 aliphatic carbocycles. The Morgan fingerprint density at radius 1 is 1.10 bits per heavy atom. The summed E-state index contributed by atoms with van der Waals surface area (Å²) in [6, 6.07) is 16.1. The second-order valence-corrected chi connectivity index (χ2v) is 5.00. The van der Waals surface area contributed by atoms with Gasteiger partial charge in [-0.2, -0.15) is 0 Å². The first-order valence-electron chi connectivity index (χ1n) is 7.13. The molecule has 110 valence electrons. The molecule has 0 aromatic heterocycles. The molecule has 2 aromatic rings. The van der Waals surface area contributed by atoms with Crippen molar-refractivity contribution in [3.63, 3.8) is 0 Å². The van der Waals surface area contributed by atoms with Gasteiger partial charge in [-0.25, -0.2) is 0 Å². The molecule has 0 aliphatic rings. The molecule has 0 fully saturated rings. The molecule has 0 saturated carbocycles. The lowest BCUT2D eigenvalue weighted by atomic mass is 10.1. The lowest BCUT2D eigenvalue weighted by molar-refractivity contribution is 0.101. The Labute approximate surface area is 126 Å². The molecule has 0 heterocycles. The zero-order valence-electron chi connectivity index (χ0n) is 12.6. The minimum absolute atomic E-state index is 0.0283. The normalized spacial score (nSPS) is 10.4. The van der Waals surface area contributed by atoms with E-state index >= 15 is 0 Å². The van der Waals surface area contributed by atoms with Crippen LogP contribution in [0, 0.1) is 0 Å². The van der Waals surface area contributed by atoms with E-state index in [4.69, 9.17) is 4.74 Å². The van der Waals surface area contributed by atoms with Crippen molar-refractivity contribution >= 4 is 5.78 Å². The fourth-order valence-electron chi connectivity index (χ4n) is 2.24. The molecule has 0 spiro atoms. The number of hydrogen-bond donors (Lipinski definition) is 1. The molecule has 0 saturated heterocycles. The molecule has 1 N–H and O–H groups in total. The summed E-state index contributed by atoms with van der Waals surface area (Å²) in [5.41, 5.74) is 3.08. The Hall–Kier alpha value is -2.13. The molecule has 0 amide bonds. The second-order valence-electron chi connectivity index (χ2n) is 5.00. The van der Waals surface area contributed by atoms with Gasteiger partial charge in [0.15, 0.2) is 5.78 Å². The van der Waals surface area contributed by atoms with Gasteiger partial charge in [0.1, 0.15) is 5.75 Å². The molecule has 2 rings (SSSR count). The van der Waals surface area contributed by atoms with Crippen molar-refractivity contribution in [1.29, 1.82) is 0 Å². The number of carbonyl (C=O) groups is 1. The predicted molar refractivity (Wildman–Crippen MR) is 84.9 cm³/mol. The molecule has 21 heavy (non-hydrogen) atoms. The smallest absolute Gasteiger partial charge is 0.163 e. The standard InChI is InChI=1S/C18H21NO2/c1-14(20)17-9-8-15(12-18(17)21-2)10-11-19-13-16-6-4-3-5-7-16/h3-9,12,19H,10-11,13H2,1-2H3. The highest BCUT2D eigenvalue weighted by Crippen LogP contribution is 2.20. The average molecular weight is 283 g/mol. The van der Waals surface area contributed by atoms with Gasteiger partial charge in [0.25, 0.3) is 0 Å². The van der Waals surface area contributed by atoms with Crippen LogP contribution in [0.5, 0.6) is 5.75 Å². The van der Waals surface area contributed by atoms with E-state index in [1.165, 1.54) is 5.56 Å². The summed E-state index contributed by atoms with van der Waals surface area (Å²) in [5.74, 6) is 0.684. The Bertz CT molecular complexity index is 593. The number of ether oxygens (including phenoxy) is 1. The number of methoxy groups -OCH3 is 1. The van der Waals surface area contributed by atoms with Crippen molar-refractivity contribution < 1.29 is 9.53 Å². The molecule has 0 aliphatic heterocycles. The maximum Gasteiger partial charge on any atom is 0.163 e. The van der Waals surface area contributed by atoms with Gasteiger partial charge in [-0.1, -0.05) is 36.4 Å². The number of benzene rings is 2. The van der Waals surface area contributed by atoms with Gasteiger partial charge < -0.3 is 10.1 Å². The first-order chi connectivity index (χ1) is 10.2. The molecule has 3 nitrogen and oxygen atoms in total. The summed E-state index contributed by atoms with van der Waals surface area (Å²) < 4.78 is 5.28. The van der Waals surface area contributed by atoms with Gasteiger partial charge in [0.05, 0.1) is 12.7 Å². The topological polar surface area (TPSA) is 38.3 Å². The van der Waals surface area contributed by atoms with Crippen LogP contribution in [-0.2, 0) is 13.0 Å². The fourth-order valence-corrected chi connectivity index (χ4v) is 2.24. The molecule has 2 aromatic carbocycles. The zero-order valence-corrected chi connectivity index (χ0v) is 12.6. The number of carbonyl (C=O) groups excluding carboxylic acids is 1. The number of rotatable bonds is 7. The van der Waals surface area contributed by atoms with Crippen LogP contribution in [0.3, 0.4) is 0 Å². The third kappa shape index (κ3) is 4.43. The van der Waals surface area contributed by atoms with E-state index in [0.29, 0.717) is 11.3 Å². The van der Waals surface area contributed by atoms with Crippen LogP contribution in [0.1, 0.15) is 28.4 Å². The van der Waals surface area contributed by atoms with Gasteiger partial charge in [0, 0.05) is 6.54 Å². The van der Waals surface area contributed by atoms with Crippen LogP contribution in [0.4, 0.5) is 0 Å². The number of ketones is 1. The lowest BCUT2D eigenvalue weighted by Crippen LogP contribution is -2.16. The average Bonchev–Trinajstić information content (AvgIpc) is 2.52. The van der Waals surface area contributed by atoms with Gasteiger partial charge in [-0.15, -0.1) is 0 Å². The van der Waals surface area contributed by atoms with Crippen molar-refractivity contribution in [2.45, 2.75) is 19.9 Å². The molecular weight excluding hydrogens is 262 g/mol. The summed E-state index contributed by atoms with van der Waals surface area (Å²) in [7, 11) is 1.60. The summed E-state index contributed by atoms with van der Waals surface area (Å²) in [4.78, 5) is 11.5. The van der Waals surface area contributed by atoms with Gasteiger partial charge >= 0.3 is 0 Å². The monoisotopic (exact) mass is 283 g/mol. The van der Waals surface area contributed by atoms with Crippen LogP contribution in [0.2, 0.25) is 0 Å². The van der Waals surface area contributed by atoms with Crippen LogP contribution in [0.25, 0.3) is 0 Å². The summed E-state index contributed by atoms with van der Waals surface area (Å²) in [6.45, 7) is 3.31. The molecule has 0 unspecified atom stereocenters. The minimum Gasteiger partial charge on any atom is -0.496 e. The van der Waals surface area contributed by atoms with Crippen molar-refractivity contribution in [3.05, 3.63) is 65.2 Å². The van der Waals surface area contributed by atoms with Crippen molar-refractivity contribution in [2.24, 2.45) is 0 Å². The van der Waals surface area contributed by atoms with Crippen molar-refractivity contribution in [2.75, 3.05) is 13.7 Å². The van der Waals surface area contributed by atoms with Crippen LogP contribution >= 0.6 is 0 Å². The van der Waals surface area contributed by atoms with Crippen LogP contribution in [-0.4, -0.2) is 19.4 Å². The minimum atomic E-state index is 0.0283. The molecule has 0 atom stereocenters. The third-order valence-corrected chi connectivity index (χ3v) is 3.41. The maximum atomic E-state index is 11.5. The van der Waals surface area contributed by atoms with Crippen molar-refractivity contribution in [3.8, 4) is 5.75 Å². The first-order valence-corrected chi connectivity index (χ1v) is 7.13. The highest BCUT2D eigenvalue weighted by Gasteiger charge is 2.08. The van der Waals surface area contributed by atoms with E-state index in [2.05, 4.69) is 17.4 Å². The summed E-state index contributed by atoms with van der Waals surface area (Å²) in [6.07, 6.45) is 0.904. The Balaban J connectivity index is 1.87. The van der Waals surface area contributed by atoms with E-state index in [1.54, 1.807) is 14.0 Å². The highest BCUT2D eigenvalue weighted by molar-refractivity contribution is 5.96. The Morgan fingerprint density at radius 2 is 1.86 bits per heavy atom. The van der Waals surface area contributed by atoms with E-state index < -0.39 is 0 Å². The van der Waals surface area contributed by atoms with E-state index in [9.17, 15) is 4.79 Å². The van der Waals surface area contributed by atoms with Crippen LogP contribution in [0.15, 0.2) is 48.5 Å². The number of hydrogen-bond acceptors (Lipinski definition) is 3. The highest BCUT2D eigenvalue weighted by atomic mass is 16.5. The molecule has 3 heteroatoms. The third-order valence-electron chi connectivity index (χ3n) is 3.41.